The van der Waals surface area contributed by atoms with Crippen molar-refractivity contribution in [3.63, 3.8) is 0 Å². The molecule has 0 bridgehead atoms. The number of benzene rings is 1. The second kappa shape index (κ2) is 4.42. The number of rotatable bonds is 1. The normalized spacial score (nSPS) is 14.1. The number of aryl methyl sites for hydroxylation is 2. The van der Waals surface area contributed by atoms with Crippen molar-refractivity contribution < 1.29 is 4.58 Å². The first-order valence-corrected chi connectivity index (χ1v) is 6.24. The van der Waals surface area contributed by atoms with E-state index < -0.39 is 0 Å². The summed E-state index contributed by atoms with van der Waals surface area (Å²) in [4.78, 5) is 15.2. The molecule has 0 radical (unpaired) electrons. The molecule has 2 heterocycles. The van der Waals surface area contributed by atoms with E-state index in [1.807, 2.05) is 24.5 Å². The summed E-state index contributed by atoms with van der Waals surface area (Å²) in [5.41, 5.74) is 2.40. The van der Waals surface area contributed by atoms with Gasteiger partial charge in [0, 0.05) is 32.1 Å². The lowest BCUT2D eigenvalue weighted by Gasteiger charge is -2.25. The van der Waals surface area contributed by atoms with Crippen LogP contribution in [0.1, 0.15) is 17.2 Å². The van der Waals surface area contributed by atoms with Gasteiger partial charge in [-0.2, -0.15) is 4.98 Å². The fourth-order valence-corrected chi connectivity index (χ4v) is 2.31. The highest BCUT2D eigenvalue weighted by atomic mass is 15.3. The molecule has 0 saturated carbocycles. The van der Waals surface area contributed by atoms with E-state index in [-0.39, 0.29) is 0 Å². The largest absolute Gasteiger partial charge is 0.437 e. The molecule has 1 aliphatic rings. The fraction of sp³-hybridized carbons (Fsp3) is 0.286. The molecule has 0 saturated heterocycles. The highest BCUT2D eigenvalue weighted by Crippen LogP contribution is 2.22. The summed E-state index contributed by atoms with van der Waals surface area (Å²) in [5.74, 6) is 2.20. The third-order valence-corrected chi connectivity index (χ3v) is 3.11. The molecule has 0 spiro atoms. The molecule has 1 aliphatic heterocycles. The minimum atomic E-state index is 0.700. The standard InChI is InChI=1S/C14H16N5/c1-10-15-11(2)17-14(16-10)19-8-12-6-4-5-7-13(12)18(3)9-19/h4-8H,9H2,1-3H3/q+1. The number of aromatic nitrogens is 3. The molecule has 0 aliphatic carbocycles. The maximum absolute atomic E-state index is 4.41. The van der Waals surface area contributed by atoms with Crippen molar-refractivity contribution in [2.24, 2.45) is 0 Å². The van der Waals surface area contributed by atoms with E-state index >= 15 is 0 Å². The van der Waals surface area contributed by atoms with Gasteiger partial charge in [-0.1, -0.05) is 28.2 Å². The molecule has 19 heavy (non-hydrogen) atoms. The van der Waals surface area contributed by atoms with Gasteiger partial charge < -0.3 is 4.90 Å². The maximum atomic E-state index is 4.41. The van der Waals surface area contributed by atoms with E-state index in [9.17, 15) is 0 Å². The summed E-state index contributed by atoms with van der Waals surface area (Å²) >= 11 is 0. The molecule has 0 unspecified atom stereocenters. The minimum Gasteiger partial charge on any atom is -0.344 e. The average molecular weight is 254 g/mol. The summed E-state index contributed by atoms with van der Waals surface area (Å²) in [6.07, 6.45) is 2.09. The molecule has 2 aromatic rings. The number of fused-ring (bicyclic) bond motifs is 1. The van der Waals surface area contributed by atoms with E-state index in [1.165, 1.54) is 11.3 Å². The van der Waals surface area contributed by atoms with Crippen LogP contribution in [0.4, 0.5) is 11.6 Å². The highest BCUT2D eigenvalue weighted by molar-refractivity contribution is 5.86. The van der Waals surface area contributed by atoms with Gasteiger partial charge in [-0.15, -0.1) is 0 Å². The first-order valence-electron chi connectivity index (χ1n) is 6.24. The molecule has 96 valence electrons. The molecular weight excluding hydrogens is 238 g/mol. The van der Waals surface area contributed by atoms with E-state index in [1.54, 1.807) is 0 Å². The van der Waals surface area contributed by atoms with Crippen LogP contribution in [0.25, 0.3) is 0 Å². The zero-order chi connectivity index (χ0) is 13.4. The number of para-hydroxylation sites is 1. The second-order valence-corrected chi connectivity index (χ2v) is 4.73. The number of hydrogen-bond donors (Lipinski definition) is 0. The monoisotopic (exact) mass is 254 g/mol. The van der Waals surface area contributed by atoms with Crippen molar-refractivity contribution in [1.82, 2.24) is 15.0 Å². The van der Waals surface area contributed by atoms with E-state index in [2.05, 4.69) is 51.3 Å². The lowest BCUT2D eigenvalue weighted by Crippen LogP contribution is -2.33. The SMILES string of the molecule is Cc1nc(C)nc([N+]2=Cc3ccccc3N(C)C2)n1. The lowest BCUT2D eigenvalue weighted by atomic mass is 10.1. The van der Waals surface area contributed by atoms with Gasteiger partial charge in [0.15, 0.2) is 0 Å². The molecule has 1 aromatic heterocycles. The summed E-state index contributed by atoms with van der Waals surface area (Å²) < 4.78 is 2.05. The molecule has 1 aromatic carbocycles. The van der Waals surface area contributed by atoms with Crippen LogP contribution < -0.4 is 4.90 Å². The Labute approximate surface area is 112 Å². The van der Waals surface area contributed by atoms with Gasteiger partial charge in [-0.3, -0.25) is 0 Å². The number of hydrogen-bond acceptors (Lipinski definition) is 4. The van der Waals surface area contributed by atoms with Gasteiger partial charge in [0.1, 0.15) is 6.67 Å². The molecule has 5 heteroatoms. The predicted octanol–water partition coefficient (Wildman–Crippen LogP) is 1.66. The first kappa shape index (κ1) is 11.8. The summed E-state index contributed by atoms with van der Waals surface area (Å²) in [7, 11) is 2.07. The van der Waals surface area contributed by atoms with Crippen molar-refractivity contribution >= 4 is 17.9 Å². The van der Waals surface area contributed by atoms with Crippen molar-refractivity contribution in [2.45, 2.75) is 13.8 Å². The molecule has 3 rings (SSSR count). The Morgan fingerprint density at radius 2 is 1.74 bits per heavy atom. The Bertz CT molecular complexity index is 642. The zero-order valence-electron chi connectivity index (χ0n) is 11.3. The molecule has 0 N–H and O–H groups in total. The van der Waals surface area contributed by atoms with Crippen LogP contribution >= 0.6 is 0 Å². The summed E-state index contributed by atoms with van der Waals surface area (Å²) in [6, 6.07) is 8.30. The fourth-order valence-electron chi connectivity index (χ4n) is 2.31. The van der Waals surface area contributed by atoms with Gasteiger partial charge in [0.05, 0.1) is 6.21 Å². The second-order valence-electron chi connectivity index (χ2n) is 4.73. The Hall–Kier alpha value is -2.30. The molecule has 0 amide bonds. The Kier molecular flexibility index (Phi) is 2.74. The Morgan fingerprint density at radius 3 is 2.47 bits per heavy atom. The van der Waals surface area contributed by atoms with E-state index in [0.29, 0.717) is 5.95 Å². The van der Waals surface area contributed by atoms with E-state index in [0.717, 1.165) is 18.3 Å². The van der Waals surface area contributed by atoms with Crippen LogP contribution in [0.2, 0.25) is 0 Å². The summed E-state index contributed by atoms with van der Waals surface area (Å²) in [5, 5.41) is 0. The first-order chi connectivity index (χ1) is 9.13. The highest BCUT2D eigenvalue weighted by Gasteiger charge is 2.22. The summed E-state index contributed by atoms with van der Waals surface area (Å²) in [6.45, 7) is 4.51. The Morgan fingerprint density at radius 1 is 1.05 bits per heavy atom. The van der Waals surface area contributed by atoms with Crippen molar-refractivity contribution in [1.29, 1.82) is 0 Å². The topological polar surface area (TPSA) is 44.9 Å². The van der Waals surface area contributed by atoms with Crippen molar-refractivity contribution in [3.05, 3.63) is 41.5 Å². The molecular formula is C14H16N5+. The van der Waals surface area contributed by atoms with Crippen LogP contribution in [-0.2, 0) is 0 Å². The van der Waals surface area contributed by atoms with Crippen LogP contribution in [0.5, 0.6) is 0 Å². The van der Waals surface area contributed by atoms with Crippen LogP contribution in [0.3, 0.4) is 0 Å². The average Bonchev–Trinajstić information content (AvgIpc) is 2.37. The van der Waals surface area contributed by atoms with Gasteiger partial charge in [-0.25, -0.2) is 4.58 Å². The zero-order valence-corrected chi connectivity index (χ0v) is 11.3. The predicted molar refractivity (Wildman–Crippen MR) is 74.1 cm³/mol. The van der Waals surface area contributed by atoms with Crippen LogP contribution in [-0.4, -0.2) is 39.5 Å². The van der Waals surface area contributed by atoms with Crippen LogP contribution in [0.15, 0.2) is 24.3 Å². The number of nitrogens with zero attached hydrogens (tertiary/aromatic N) is 5. The van der Waals surface area contributed by atoms with Gasteiger partial charge in [0.2, 0.25) is 11.6 Å². The number of anilines is 1. The third kappa shape index (κ3) is 2.19. The van der Waals surface area contributed by atoms with Gasteiger partial charge in [-0.05, 0) is 6.07 Å². The lowest BCUT2D eigenvalue weighted by molar-refractivity contribution is -0.444. The van der Waals surface area contributed by atoms with Crippen LogP contribution in [0, 0.1) is 13.8 Å². The third-order valence-electron chi connectivity index (χ3n) is 3.11. The van der Waals surface area contributed by atoms with Crippen molar-refractivity contribution in [3.8, 4) is 0 Å². The smallest absolute Gasteiger partial charge is 0.344 e. The molecule has 0 atom stereocenters. The van der Waals surface area contributed by atoms with Crippen molar-refractivity contribution in [2.75, 3.05) is 18.6 Å². The van der Waals surface area contributed by atoms with Gasteiger partial charge in [0.25, 0.3) is 0 Å². The Balaban J connectivity index is 2.10. The van der Waals surface area contributed by atoms with Gasteiger partial charge >= 0.3 is 5.95 Å². The quantitative estimate of drug-likeness (QED) is 0.726. The maximum Gasteiger partial charge on any atom is 0.437 e. The van der Waals surface area contributed by atoms with E-state index in [4.69, 9.17) is 0 Å². The molecule has 5 nitrogen and oxygen atoms in total. The molecule has 0 fully saturated rings. The minimum absolute atomic E-state index is 0.700.